The number of likely N-dealkylation sites (tertiary alicyclic amines) is 1. The summed E-state index contributed by atoms with van der Waals surface area (Å²) in [6.07, 6.45) is -6.05. The highest BCUT2D eigenvalue weighted by molar-refractivity contribution is 5.73. The molecule has 0 amide bonds. The first-order chi connectivity index (χ1) is 19.6. The van der Waals surface area contributed by atoms with Crippen LogP contribution in [-0.2, 0) is 28.2 Å². The predicted octanol–water partition coefficient (Wildman–Crippen LogP) is 5.05. The second-order valence-electron chi connectivity index (χ2n) is 9.50. The first-order valence-electron chi connectivity index (χ1n) is 12.6. The molecule has 8 nitrogen and oxygen atoms in total. The third-order valence-electron chi connectivity index (χ3n) is 6.67. The number of carboxylic acid groups (broad SMARTS) is 2. The normalized spacial score (nSPS) is 16.4. The number of benzene rings is 2. The molecule has 0 aliphatic carbocycles. The topological polar surface area (TPSA) is 108 Å². The Morgan fingerprint density at radius 1 is 0.857 bits per heavy atom. The molecule has 1 aromatic heterocycles. The van der Waals surface area contributed by atoms with Crippen molar-refractivity contribution in [2.45, 2.75) is 43.8 Å². The monoisotopic (exact) mass is 604 g/mol. The molecule has 3 aromatic rings. The van der Waals surface area contributed by atoms with Crippen LogP contribution in [0.5, 0.6) is 0 Å². The lowest BCUT2D eigenvalue weighted by Gasteiger charge is -2.44. The standard InChI is InChI=1S/C23H25FN4.2C2HF3O2/c24-20-8-6-18(7-9-20)17-27-13-10-23(11-14-27)22-25-16-21(28(22)15-12-26-23)19-4-2-1-3-5-19;2*3-2(4,5)1(6)7/h1-9,16,26H,10-15,17H2;2*(H,6,7). The van der Waals surface area contributed by atoms with E-state index in [0.717, 1.165) is 45.6 Å². The Morgan fingerprint density at radius 3 is 1.88 bits per heavy atom. The first kappa shape index (κ1) is 32.5. The van der Waals surface area contributed by atoms with Crippen LogP contribution in [0.1, 0.15) is 24.2 Å². The van der Waals surface area contributed by atoms with Crippen LogP contribution in [0.4, 0.5) is 30.7 Å². The number of rotatable bonds is 3. The minimum absolute atomic E-state index is 0.0371. The van der Waals surface area contributed by atoms with E-state index in [4.69, 9.17) is 24.8 Å². The number of nitrogens with one attached hydrogen (secondary N) is 1. The number of nitrogens with zero attached hydrogens (tertiary/aromatic N) is 3. The van der Waals surface area contributed by atoms with Crippen LogP contribution in [0.3, 0.4) is 0 Å². The van der Waals surface area contributed by atoms with E-state index in [1.807, 2.05) is 18.3 Å². The summed E-state index contributed by atoms with van der Waals surface area (Å²) in [5.41, 5.74) is 3.57. The van der Waals surface area contributed by atoms with Gasteiger partial charge in [-0.15, -0.1) is 0 Å². The Kier molecular flexibility index (Phi) is 10.3. The molecule has 15 heteroatoms. The number of alkyl halides is 6. The van der Waals surface area contributed by atoms with Crippen molar-refractivity contribution in [1.29, 1.82) is 0 Å². The van der Waals surface area contributed by atoms with Crippen LogP contribution in [0.25, 0.3) is 11.3 Å². The average molecular weight is 605 g/mol. The zero-order valence-electron chi connectivity index (χ0n) is 21.9. The summed E-state index contributed by atoms with van der Waals surface area (Å²) in [5.74, 6) is -4.51. The lowest BCUT2D eigenvalue weighted by atomic mass is 9.85. The summed E-state index contributed by atoms with van der Waals surface area (Å²) in [7, 11) is 0. The first-order valence-corrected chi connectivity index (χ1v) is 12.6. The second-order valence-corrected chi connectivity index (χ2v) is 9.50. The second kappa shape index (κ2) is 13.3. The number of halogens is 7. The van der Waals surface area contributed by atoms with Gasteiger partial charge in [-0.2, -0.15) is 26.3 Å². The summed E-state index contributed by atoms with van der Waals surface area (Å²) in [5, 5.41) is 18.0. The van der Waals surface area contributed by atoms with Gasteiger partial charge >= 0.3 is 24.3 Å². The molecule has 228 valence electrons. The van der Waals surface area contributed by atoms with E-state index in [2.05, 4.69) is 45.1 Å². The van der Waals surface area contributed by atoms with Crippen molar-refractivity contribution >= 4 is 11.9 Å². The van der Waals surface area contributed by atoms with Gasteiger partial charge in [0.1, 0.15) is 11.6 Å². The maximum Gasteiger partial charge on any atom is 0.490 e. The molecule has 2 aliphatic rings. The Balaban J connectivity index is 0.000000289. The molecule has 1 saturated heterocycles. The Hall–Kier alpha value is -3.98. The fourth-order valence-corrected chi connectivity index (χ4v) is 4.65. The Morgan fingerprint density at radius 2 is 1.38 bits per heavy atom. The van der Waals surface area contributed by atoms with Gasteiger partial charge < -0.3 is 20.1 Å². The number of fused-ring (bicyclic) bond motifs is 2. The van der Waals surface area contributed by atoms with Crippen molar-refractivity contribution in [2.24, 2.45) is 0 Å². The molecule has 5 rings (SSSR count). The molecule has 1 fully saturated rings. The quantitative estimate of drug-likeness (QED) is 0.359. The smallest absolute Gasteiger partial charge is 0.475 e. The highest BCUT2D eigenvalue weighted by Crippen LogP contribution is 2.37. The zero-order chi connectivity index (χ0) is 31.1. The van der Waals surface area contributed by atoms with E-state index in [0.29, 0.717) is 0 Å². The van der Waals surface area contributed by atoms with Gasteiger partial charge in [-0.05, 0) is 36.1 Å². The average Bonchev–Trinajstić information content (AvgIpc) is 3.37. The van der Waals surface area contributed by atoms with Crippen molar-refractivity contribution in [1.82, 2.24) is 19.8 Å². The van der Waals surface area contributed by atoms with Gasteiger partial charge in [-0.25, -0.2) is 19.0 Å². The Labute approximate surface area is 235 Å². The number of piperidine rings is 1. The van der Waals surface area contributed by atoms with Gasteiger partial charge in [0.15, 0.2) is 0 Å². The van der Waals surface area contributed by atoms with E-state index in [1.54, 1.807) is 12.1 Å². The molecule has 1 spiro atoms. The van der Waals surface area contributed by atoms with Gasteiger partial charge in [0.2, 0.25) is 0 Å². The molecule has 0 bridgehead atoms. The Bertz CT molecular complexity index is 1310. The number of carboxylic acids is 2. The minimum Gasteiger partial charge on any atom is -0.475 e. The van der Waals surface area contributed by atoms with Gasteiger partial charge in [-0.1, -0.05) is 42.5 Å². The molecule has 0 saturated carbocycles. The van der Waals surface area contributed by atoms with E-state index < -0.39 is 24.3 Å². The van der Waals surface area contributed by atoms with Crippen molar-refractivity contribution in [3.63, 3.8) is 0 Å². The van der Waals surface area contributed by atoms with E-state index in [1.165, 1.54) is 22.6 Å². The predicted molar refractivity (Wildman–Crippen MR) is 136 cm³/mol. The SMILES string of the molecule is Fc1ccc(CN2CCC3(CC2)NCCn2c(-c4ccccc4)cnc23)cc1.O=C(O)C(F)(F)F.O=C(O)C(F)(F)F. The van der Waals surface area contributed by atoms with Crippen LogP contribution in [0, 0.1) is 5.82 Å². The molecule has 0 unspecified atom stereocenters. The third kappa shape index (κ3) is 8.52. The molecule has 42 heavy (non-hydrogen) atoms. The van der Waals surface area contributed by atoms with Crippen LogP contribution in [0.15, 0.2) is 60.8 Å². The summed E-state index contributed by atoms with van der Waals surface area (Å²) in [6, 6.07) is 17.4. The van der Waals surface area contributed by atoms with Crippen LogP contribution >= 0.6 is 0 Å². The van der Waals surface area contributed by atoms with Crippen LogP contribution in [0.2, 0.25) is 0 Å². The van der Waals surface area contributed by atoms with Gasteiger partial charge in [-0.3, -0.25) is 4.90 Å². The number of hydrogen-bond donors (Lipinski definition) is 3. The van der Waals surface area contributed by atoms with Crippen molar-refractivity contribution in [2.75, 3.05) is 19.6 Å². The highest BCUT2D eigenvalue weighted by Gasteiger charge is 2.42. The number of aromatic nitrogens is 2. The summed E-state index contributed by atoms with van der Waals surface area (Å²) < 4.78 is 79.0. The number of imidazole rings is 1. The maximum atomic E-state index is 13.1. The highest BCUT2D eigenvalue weighted by atomic mass is 19.4. The molecule has 0 radical (unpaired) electrons. The van der Waals surface area contributed by atoms with Gasteiger partial charge in [0.25, 0.3) is 0 Å². The molecule has 0 atom stereocenters. The fraction of sp³-hybridized carbons (Fsp3) is 0.370. The fourth-order valence-electron chi connectivity index (χ4n) is 4.65. The third-order valence-corrected chi connectivity index (χ3v) is 6.67. The van der Waals surface area contributed by atoms with Gasteiger partial charge in [0, 0.05) is 32.7 Å². The lowest BCUT2D eigenvalue weighted by molar-refractivity contribution is -0.193. The van der Waals surface area contributed by atoms with Crippen LogP contribution < -0.4 is 5.32 Å². The summed E-state index contributed by atoms with van der Waals surface area (Å²) in [6.45, 7) is 4.83. The molecular formula is C27H27F7N4O4. The van der Waals surface area contributed by atoms with E-state index in [9.17, 15) is 30.7 Å². The zero-order valence-corrected chi connectivity index (χ0v) is 21.9. The van der Waals surface area contributed by atoms with Crippen molar-refractivity contribution in [3.8, 4) is 11.3 Å². The number of aliphatic carboxylic acids is 2. The summed E-state index contributed by atoms with van der Waals surface area (Å²) >= 11 is 0. The van der Waals surface area contributed by atoms with Crippen molar-refractivity contribution in [3.05, 3.63) is 78.0 Å². The van der Waals surface area contributed by atoms with Crippen molar-refractivity contribution < 1.29 is 50.5 Å². The molecule has 2 aliphatic heterocycles. The largest absolute Gasteiger partial charge is 0.490 e. The van der Waals surface area contributed by atoms with E-state index in [-0.39, 0.29) is 11.4 Å². The summed E-state index contributed by atoms with van der Waals surface area (Å²) in [4.78, 5) is 25.1. The molecule has 3 heterocycles. The van der Waals surface area contributed by atoms with E-state index >= 15 is 0 Å². The lowest BCUT2D eigenvalue weighted by Crippen LogP contribution is -2.55. The molecule has 2 aromatic carbocycles. The minimum atomic E-state index is -5.08. The molecule has 3 N–H and O–H groups in total. The maximum absolute atomic E-state index is 13.1. The number of hydrogen-bond acceptors (Lipinski definition) is 5. The molecular weight excluding hydrogens is 577 g/mol. The van der Waals surface area contributed by atoms with Crippen LogP contribution in [-0.4, -0.2) is 68.6 Å². The van der Waals surface area contributed by atoms with Gasteiger partial charge in [0.05, 0.1) is 17.4 Å². The number of carbonyl (C=O) groups is 2.